The van der Waals surface area contributed by atoms with Gasteiger partial charge in [-0.1, -0.05) is 0 Å². The number of hydrogen-bond acceptors (Lipinski definition) is 6. The van der Waals surface area contributed by atoms with Crippen LogP contribution < -0.4 is 4.90 Å². The minimum atomic E-state index is -2.86. The average molecular weight is 297 g/mol. The number of sulfone groups is 1. The molecule has 0 N–H and O–H groups in total. The summed E-state index contributed by atoms with van der Waals surface area (Å²) < 4.78 is 28.4. The van der Waals surface area contributed by atoms with Crippen molar-refractivity contribution >= 4 is 15.7 Å². The molecule has 1 aromatic heterocycles. The summed E-state index contributed by atoms with van der Waals surface area (Å²) in [5.74, 6) is 2.33. The Morgan fingerprint density at radius 3 is 2.70 bits per heavy atom. The summed E-state index contributed by atoms with van der Waals surface area (Å²) in [5.41, 5.74) is 1.01. The Morgan fingerprint density at radius 2 is 2.05 bits per heavy atom. The number of rotatable bonds is 2. The smallest absolute Gasteiger partial charge is 0.153 e. The molecule has 20 heavy (non-hydrogen) atoms. The molecule has 0 radical (unpaired) electrons. The van der Waals surface area contributed by atoms with E-state index in [1.54, 1.807) is 0 Å². The molecule has 2 aliphatic rings. The number of aryl methyl sites for hydroxylation is 1. The minimum absolute atomic E-state index is 0.206. The van der Waals surface area contributed by atoms with Crippen molar-refractivity contribution < 1.29 is 13.2 Å². The van der Waals surface area contributed by atoms with E-state index in [-0.39, 0.29) is 11.5 Å². The molecule has 0 spiro atoms. The third-order valence-electron chi connectivity index (χ3n) is 3.86. The molecule has 0 aromatic carbocycles. The maximum atomic E-state index is 11.5. The Labute approximate surface area is 119 Å². The molecule has 6 nitrogen and oxygen atoms in total. The topological polar surface area (TPSA) is 72.4 Å². The van der Waals surface area contributed by atoms with Crippen molar-refractivity contribution in [3.8, 4) is 0 Å². The molecule has 3 rings (SSSR count). The van der Waals surface area contributed by atoms with Gasteiger partial charge >= 0.3 is 0 Å². The molecule has 7 heteroatoms. The second kappa shape index (κ2) is 5.29. The molecule has 0 amide bonds. The summed E-state index contributed by atoms with van der Waals surface area (Å²) in [6.45, 7) is 4.40. The van der Waals surface area contributed by atoms with Crippen LogP contribution in [0.1, 0.15) is 23.9 Å². The average Bonchev–Trinajstić information content (AvgIpc) is 2.91. The molecule has 1 atom stereocenters. The van der Waals surface area contributed by atoms with Crippen LogP contribution in [0.25, 0.3) is 0 Å². The Bertz CT molecular complexity index is 583. The van der Waals surface area contributed by atoms with E-state index in [0.717, 1.165) is 30.4 Å². The normalized spacial score (nSPS) is 25.9. The van der Waals surface area contributed by atoms with Crippen molar-refractivity contribution in [2.24, 2.45) is 0 Å². The molecule has 2 saturated heterocycles. The number of hydrogen-bond donors (Lipinski definition) is 0. The summed E-state index contributed by atoms with van der Waals surface area (Å²) in [5, 5.41) is 0. The summed E-state index contributed by atoms with van der Waals surface area (Å²) in [6, 6.07) is 1.99. The van der Waals surface area contributed by atoms with Gasteiger partial charge in [-0.25, -0.2) is 18.4 Å². The highest BCUT2D eigenvalue weighted by molar-refractivity contribution is 7.91. The van der Waals surface area contributed by atoms with Gasteiger partial charge in [0.05, 0.1) is 23.8 Å². The first-order valence-corrected chi connectivity index (χ1v) is 8.74. The van der Waals surface area contributed by atoms with E-state index in [4.69, 9.17) is 4.74 Å². The number of aromatic nitrogens is 2. The van der Waals surface area contributed by atoms with Gasteiger partial charge in [0.15, 0.2) is 9.84 Å². The molecule has 3 heterocycles. The van der Waals surface area contributed by atoms with Crippen molar-refractivity contribution in [3.05, 3.63) is 17.6 Å². The van der Waals surface area contributed by atoms with Crippen molar-refractivity contribution in [1.29, 1.82) is 0 Å². The molecule has 0 saturated carbocycles. The van der Waals surface area contributed by atoms with Gasteiger partial charge in [0.1, 0.15) is 11.6 Å². The molecule has 0 bridgehead atoms. The Morgan fingerprint density at radius 1 is 1.30 bits per heavy atom. The first-order valence-electron chi connectivity index (χ1n) is 6.92. The van der Waals surface area contributed by atoms with Crippen LogP contribution in [0.3, 0.4) is 0 Å². The largest absolute Gasteiger partial charge is 0.381 e. The maximum Gasteiger partial charge on any atom is 0.153 e. The highest BCUT2D eigenvalue weighted by Gasteiger charge is 2.25. The zero-order valence-corrected chi connectivity index (χ0v) is 12.4. The lowest BCUT2D eigenvalue weighted by Gasteiger charge is -2.28. The van der Waals surface area contributed by atoms with Crippen LogP contribution >= 0.6 is 0 Å². The van der Waals surface area contributed by atoms with Gasteiger partial charge in [0, 0.05) is 31.7 Å². The zero-order valence-electron chi connectivity index (χ0n) is 11.6. The van der Waals surface area contributed by atoms with Crippen molar-refractivity contribution in [2.45, 2.75) is 19.3 Å². The van der Waals surface area contributed by atoms with E-state index >= 15 is 0 Å². The number of ether oxygens (including phenoxy) is 1. The van der Waals surface area contributed by atoms with Gasteiger partial charge in [-0.3, -0.25) is 0 Å². The number of anilines is 1. The van der Waals surface area contributed by atoms with E-state index < -0.39 is 9.84 Å². The van der Waals surface area contributed by atoms with E-state index in [0.29, 0.717) is 25.6 Å². The second-order valence-electron chi connectivity index (χ2n) is 5.40. The molecule has 2 fully saturated rings. The van der Waals surface area contributed by atoms with Crippen molar-refractivity contribution in [1.82, 2.24) is 9.97 Å². The lowest BCUT2D eigenvalue weighted by atomic mass is 10.0. The summed E-state index contributed by atoms with van der Waals surface area (Å²) in [6.07, 6.45) is 0.990. The summed E-state index contributed by atoms with van der Waals surface area (Å²) in [7, 11) is -2.86. The van der Waals surface area contributed by atoms with E-state index in [1.807, 2.05) is 17.9 Å². The van der Waals surface area contributed by atoms with Crippen LogP contribution in [-0.4, -0.2) is 56.2 Å². The SMILES string of the molecule is Cc1nc(C2CCOC2)cc(N2CCS(=O)(=O)CC2)n1. The van der Waals surface area contributed by atoms with Gasteiger partial charge in [0.2, 0.25) is 0 Å². The van der Waals surface area contributed by atoms with Gasteiger partial charge in [0.25, 0.3) is 0 Å². The lowest BCUT2D eigenvalue weighted by Crippen LogP contribution is -2.40. The van der Waals surface area contributed by atoms with Crippen LogP contribution in [0.15, 0.2) is 6.07 Å². The molecule has 0 aliphatic carbocycles. The first kappa shape index (κ1) is 13.8. The quantitative estimate of drug-likeness (QED) is 0.792. The monoisotopic (exact) mass is 297 g/mol. The van der Waals surface area contributed by atoms with Crippen LogP contribution in [0, 0.1) is 6.92 Å². The van der Waals surface area contributed by atoms with Crippen LogP contribution in [0.2, 0.25) is 0 Å². The van der Waals surface area contributed by atoms with Crippen molar-refractivity contribution in [2.75, 3.05) is 42.7 Å². The fourth-order valence-corrected chi connectivity index (χ4v) is 3.86. The van der Waals surface area contributed by atoms with Crippen molar-refractivity contribution in [3.63, 3.8) is 0 Å². The third kappa shape index (κ3) is 2.93. The van der Waals surface area contributed by atoms with Gasteiger partial charge in [-0.15, -0.1) is 0 Å². The number of nitrogens with zero attached hydrogens (tertiary/aromatic N) is 3. The predicted molar refractivity (Wildman–Crippen MR) is 75.8 cm³/mol. The third-order valence-corrected chi connectivity index (χ3v) is 5.47. The fourth-order valence-electron chi connectivity index (χ4n) is 2.65. The lowest BCUT2D eigenvalue weighted by molar-refractivity contribution is 0.193. The maximum absolute atomic E-state index is 11.5. The molecule has 2 aliphatic heterocycles. The highest BCUT2D eigenvalue weighted by Crippen LogP contribution is 2.26. The van der Waals surface area contributed by atoms with Gasteiger partial charge in [-0.05, 0) is 13.3 Å². The van der Waals surface area contributed by atoms with E-state index in [2.05, 4.69) is 9.97 Å². The minimum Gasteiger partial charge on any atom is -0.381 e. The van der Waals surface area contributed by atoms with Gasteiger partial charge in [-0.2, -0.15) is 0 Å². The van der Waals surface area contributed by atoms with Crippen LogP contribution in [0.5, 0.6) is 0 Å². The summed E-state index contributed by atoms with van der Waals surface area (Å²) >= 11 is 0. The molecule has 110 valence electrons. The standard InChI is InChI=1S/C13H19N3O3S/c1-10-14-12(11-2-5-19-9-11)8-13(15-10)16-3-6-20(17,18)7-4-16/h8,11H,2-7,9H2,1H3. The molecule has 1 unspecified atom stereocenters. The zero-order chi connectivity index (χ0) is 14.2. The molecular weight excluding hydrogens is 278 g/mol. The van der Waals surface area contributed by atoms with Crippen LogP contribution in [-0.2, 0) is 14.6 Å². The Kier molecular flexibility index (Phi) is 3.64. The highest BCUT2D eigenvalue weighted by atomic mass is 32.2. The fraction of sp³-hybridized carbons (Fsp3) is 0.692. The van der Waals surface area contributed by atoms with E-state index in [9.17, 15) is 8.42 Å². The molecule has 1 aromatic rings. The molecular formula is C13H19N3O3S. The first-order chi connectivity index (χ1) is 9.53. The van der Waals surface area contributed by atoms with Crippen LogP contribution in [0.4, 0.5) is 5.82 Å². The summed E-state index contributed by atoms with van der Waals surface area (Å²) in [4.78, 5) is 11.0. The Balaban J connectivity index is 1.82. The van der Waals surface area contributed by atoms with Gasteiger partial charge < -0.3 is 9.64 Å². The predicted octanol–water partition coefficient (Wildman–Crippen LogP) is 0.524. The van der Waals surface area contributed by atoms with E-state index in [1.165, 1.54) is 0 Å². The second-order valence-corrected chi connectivity index (χ2v) is 7.70. The Hall–Kier alpha value is -1.21.